The minimum atomic E-state index is -0.638. The van der Waals surface area contributed by atoms with Gasteiger partial charge < -0.3 is 20.3 Å². The lowest BCUT2D eigenvalue weighted by Crippen LogP contribution is -2.52. The van der Waals surface area contributed by atoms with E-state index < -0.39 is 11.9 Å². The largest absolute Gasteiger partial charge is 0.497 e. The van der Waals surface area contributed by atoms with Gasteiger partial charge in [-0.25, -0.2) is 4.79 Å². The van der Waals surface area contributed by atoms with Gasteiger partial charge in [-0.15, -0.1) is 0 Å². The minimum absolute atomic E-state index is 0.222. The zero-order valence-corrected chi connectivity index (χ0v) is 18.3. The number of imide groups is 1. The SMILES string of the molecule is COc1ccc(CCNC(=O)NCc2ccc3c(c2)C(=O)N(C2CCC(=O)NC2=O)C3)cc1. The Bertz CT molecular complexity index is 1080. The van der Waals surface area contributed by atoms with Crippen molar-refractivity contribution in [1.82, 2.24) is 20.9 Å². The van der Waals surface area contributed by atoms with Crippen molar-refractivity contribution in [2.75, 3.05) is 13.7 Å². The third kappa shape index (κ3) is 5.14. The molecule has 1 unspecified atom stereocenters. The lowest BCUT2D eigenvalue weighted by molar-refractivity contribution is -0.136. The van der Waals surface area contributed by atoms with Crippen LogP contribution in [0.1, 0.15) is 39.9 Å². The number of fused-ring (bicyclic) bond motifs is 1. The lowest BCUT2D eigenvalue weighted by atomic mass is 10.0. The summed E-state index contributed by atoms with van der Waals surface area (Å²) in [5, 5.41) is 7.92. The zero-order valence-electron chi connectivity index (χ0n) is 18.3. The van der Waals surface area contributed by atoms with Crippen molar-refractivity contribution < 1.29 is 23.9 Å². The monoisotopic (exact) mass is 450 g/mol. The van der Waals surface area contributed by atoms with Crippen molar-refractivity contribution in [2.24, 2.45) is 0 Å². The van der Waals surface area contributed by atoms with Crippen molar-refractivity contribution in [3.8, 4) is 5.75 Å². The maximum atomic E-state index is 12.9. The number of amides is 5. The maximum absolute atomic E-state index is 12.9. The molecular formula is C24H26N4O5. The number of urea groups is 1. The number of hydrogen-bond donors (Lipinski definition) is 3. The van der Waals surface area contributed by atoms with Crippen LogP contribution in [0.3, 0.4) is 0 Å². The Morgan fingerprint density at radius 3 is 2.58 bits per heavy atom. The van der Waals surface area contributed by atoms with Gasteiger partial charge in [0.15, 0.2) is 0 Å². The highest BCUT2D eigenvalue weighted by atomic mass is 16.5. The van der Waals surface area contributed by atoms with Crippen LogP contribution in [-0.2, 0) is 29.1 Å². The first-order valence-corrected chi connectivity index (χ1v) is 10.9. The first-order valence-electron chi connectivity index (χ1n) is 10.9. The molecule has 0 spiro atoms. The van der Waals surface area contributed by atoms with Crippen molar-refractivity contribution in [3.05, 3.63) is 64.7 Å². The zero-order chi connectivity index (χ0) is 23.4. The van der Waals surface area contributed by atoms with Gasteiger partial charge >= 0.3 is 6.03 Å². The summed E-state index contributed by atoms with van der Waals surface area (Å²) >= 11 is 0. The van der Waals surface area contributed by atoms with Crippen molar-refractivity contribution in [3.63, 3.8) is 0 Å². The van der Waals surface area contributed by atoms with E-state index in [1.807, 2.05) is 36.4 Å². The molecule has 2 aliphatic heterocycles. The molecule has 0 aliphatic carbocycles. The van der Waals surface area contributed by atoms with Crippen LogP contribution in [0.4, 0.5) is 4.79 Å². The van der Waals surface area contributed by atoms with E-state index in [9.17, 15) is 19.2 Å². The van der Waals surface area contributed by atoms with Crippen molar-refractivity contribution in [1.29, 1.82) is 0 Å². The Hall–Kier alpha value is -3.88. The Kier molecular flexibility index (Phi) is 6.58. The van der Waals surface area contributed by atoms with E-state index >= 15 is 0 Å². The molecular weight excluding hydrogens is 424 g/mol. The highest BCUT2D eigenvalue weighted by molar-refractivity contribution is 6.05. The summed E-state index contributed by atoms with van der Waals surface area (Å²) in [5.74, 6) is -0.181. The van der Waals surface area contributed by atoms with Crippen LogP contribution in [0.2, 0.25) is 0 Å². The molecule has 5 amide bonds. The number of ether oxygens (including phenoxy) is 1. The predicted molar refractivity (Wildman–Crippen MR) is 119 cm³/mol. The van der Waals surface area contributed by atoms with Gasteiger partial charge in [0.1, 0.15) is 11.8 Å². The summed E-state index contributed by atoms with van der Waals surface area (Å²) in [6, 6.07) is 12.2. The number of carbonyl (C=O) groups is 4. The molecule has 33 heavy (non-hydrogen) atoms. The summed E-state index contributed by atoms with van der Waals surface area (Å²) in [6.45, 7) is 1.09. The normalized spacial score (nSPS) is 17.4. The van der Waals surface area contributed by atoms with Gasteiger partial charge in [0.2, 0.25) is 11.8 Å². The van der Waals surface area contributed by atoms with Crippen LogP contribution in [0.5, 0.6) is 5.75 Å². The predicted octanol–water partition coefficient (Wildman–Crippen LogP) is 1.50. The molecule has 1 saturated heterocycles. The lowest BCUT2D eigenvalue weighted by Gasteiger charge is -2.29. The van der Waals surface area contributed by atoms with Crippen LogP contribution in [0, 0.1) is 0 Å². The highest BCUT2D eigenvalue weighted by Gasteiger charge is 2.39. The summed E-state index contributed by atoms with van der Waals surface area (Å²) in [4.78, 5) is 50.1. The number of benzene rings is 2. The van der Waals surface area contributed by atoms with Crippen LogP contribution in [0.15, 0.2) is 42.5 Å². The number of nitrogens with zero attached hydrogens (tertiary/aromatic N) is 1. The molecule has 0 radical (unpaired) electrons. The van der Waals surface area contributed by atoms with E-state index in [1.165, 1.54) is 4.90 Å². The minimum Gasteiger partial charge on any atom is -0.497 e. The van der Waals surface area contributed by atoms with Gasteiger partial charge in [-0.1, -0.05) is 24.3 Å². The molecule has 2 aromatic rings. The Balaban J connectivity index is 1.27. The number of nitrogens with one attached hydrogen (secondary N) is 3. The van der Waals surface area contributed by atoms with Crippen molar-refractivity contribution in [2.45, 2.75) is 38.4 Å². The standard InChI is InChI=1S/C24H26N4O5/c1-33-18-6-3-15(4-7-18)10-11-25-24(32)26-13-16-2-5-17-14-28(23(31)19(17)12-16)20-8-9-21(29)27-22(20)30/h2-7,12,20H,8-11,13-14H2,1H3,(H2,25,26,32)(H,27,29,30). The van der Waals surface area contributed by atoms with Crippen LogP contribution in [-0.4, -0.2) is 48.3 Å². The first-order chi connectivity index (χ1) is 15.9. The topological polar surface area (TPSA) is 117 Å². The fourth-order valence-electron chi connectivity index (χ4n) is 4.07. The molecule has 1 atom stereocenters. The van der Waals surface area contributed by atoms with Gasteiger partial charge in [-0.05, 0) is 47.7 Å². The Morgan fingerprint density at radius 1 is 1.09 bits per heavy atom. The van der Waals surface area contributed by atoms with Gasteiger partial charge in [0.25, 0.3) is 5.91 Å². The first kappa shape index (κ1) is 22.3. The molecule has 3 N–H and O–H groups in total. The van der Waals surface area contributed by atoms with Gasteiger partial charge in [0.05, 0.1) is 7.11 Å². The van der Waals surface area contributed by atoms with E-state index in [4.69, 9.17) is 4.74 Å². The molecule has 4 rings (SSSR count). The summed E-state index contributed by atoms with van der Waals surface area (Å²) in [7, 11) is 1.62. The smallest absolute Gasteiger partial charge is 0.315 e. The molecule has 1 fully saturated rings. The number of piperidine rings is 1. The average Bonchev–Trinajstić information content (AvgIpc) is 3.14. The summed E-state index contributed by atoms with van der Waals surface area (Å²) in [6.07, 6.45) is 1.25. The average molecular weight is 450 g/mol. The molecule has 9 heteroatoms. The van der Waals surface area contributed by atoms with Gasteiger partial charge in [-0.3, -0.25) is 19.7 Å². The molecule has 0 saturated carbocycles. The highest BCUT2D eigenvalue weighted by Crippen LogP contribution is 2.28. The number of rotatable bonds is 7. The van der Waals surface area contributed by atoms with E-state index in [0.29, 0.717) is 31.5 Å². The maximum Gasteiger partial charge on any atom is 0.315 e. The molecule has 0 aromatic heterocycles. The second kappa shape index (κ2) is 9.72. The van der Waals surface area contributed by atoms with Crippen molar-refractivity contribution >= 4 is 23.8 Å². The van der Waals surface area contributed by atoms with Crippen LogP contribution >= 0.6 is 0 Å². The van der Waals surface area contributed by atoms with E-state index in [2.05, 4.69) is 16.0 Å². The number of carbonyl (C=O) groups excluding carboxylic acids is 4. The molecule has 9 nitrogen and oxygen atoms in total. The molecule has 2 heterocycles. The molecule has 0 bridgehead atoms. The third-order valence-corrected chi connectivity index (χ3v) is 5.90. The quantitative estimate of drug-likeness (QED) is 0.553. The van der Waals surface area contributed by atoms with Crippen LogP contribution < -0.4 is 20.7 Å². The Morgan fingerprint density at radius 2 is 1.85 bits per heavy atom. The van der Waals surface area contributed by atoms with Crippen LogP contribution in [0.25, 0.3) is 0 Å². The van der Waals surface area contributed by atoms with Gasteiger partial charge in [-0.2, -0.15) is 0 Å². The number of hydrogen-bond acceptors (Lipinski definition) is 5. The van der Waals surface area contributed by atoms with Gasteiger partial charge in [0, 0.05) is 31.6 Å². The second-order valence-electron chi connectivity index (χ2n) is 8.10. The molecule has 172 valence electrons. The molecule has 2 aromatic carbocycles. The second-order valence-corrected chi connectivity index (χ2v) is 8.10. The fourth-order valence-corrected chi connectivity index (χ4v) is 4.07. The Labute approximate surface area is 191 Å². The summed E-state index contributed by atoms with van der Waals surface area (Å²) < 4.78 is 5.13. The van der Waals surface area contributed by atoms with E-state index in [-0.39, 0.29) is 30.8 Å². The number of methoxy groups -OCH3 is 1. The molecule has 2 aliphatic rings. The third-order valence-electron chi connectivity index (χ3n) is 5.90. The summed E-state index contributed by atoms with van der Waals surface area (Å²) in [5.41, 5.74) is 3.24. The fraction of sp³-hybridized carbons (Fsp3) is 0.333. The van der Waals surface area contributed by atoms with E-state index in [1.54, 1.807) is 13.2 Å². The van der Waals surface area contributed by atoms with E-state index in [0.717, 1.165) is 22.4 Å².